The van der Waals surface area contributed by atoms with Crippen LogP contribution in [0.2, 0.25) is 0 Å². The molecule has 3 atom stereocenters. The largest absolute Gasteiger partial charge is 0.307 e. The standard InChI is InChI=1S/C12H16N2O2S/c1-17(15,16)14-7-10-12(11(8-14)13-10)9-5-3-2-4-6-9/h2-6,10-13H,7-8H2,1H3/t10-,11+,12?. The van der Waals surface area contributed by atoms with Gasteiger partial charge in [-0.3, -0.25) is 0 Å². The molecule has 1 aromatic carbocycles. The normalized spacial score (nSPS) is 33.1. The van der Waals surface area contributed by atoms with Gasteiger partial charge in [-0.1, -0.05) is 30.3 Å². The summed E-state index contributed by atoms with van der Waals surface area (Å²) in [6, 6.07) is 10.9. The predicted molar refractivity (Wildman–Crippen MR) is 66.3 cm³/mol. The number of piperazine rings is 1. The number of benzene rings is 1. The van der Waals surface area contributed by atoms with Crippen molar-refractivity contribution < 1.29 is 8.42 Å². The highest BCUT2D eigenvalue weighted by Gasteiger charge is 2.48. The number of nitrogens with zero attached hydrogens (tertiary/aromatic N) is 1. The molecular weight excluding hydrogens is 236 g/mol. The molecule has 92 valence electrons. The Bertz CT molecular complexity index is 503. The van der Waals surface area contributed by atoms with Crippen LogP contribution in [0.5, 0.6) is 0 Å². The minimum absolute atomic E-state index is 0.269. The zero-order valence-corrected chi connectivity index (χ0v) is 10.5. The number of rotatable bonds is 2. The molecule has 0 aliphatic carbocycles. The maximum absolute atomic E-state index is 11.5. The average molecular weight is 252 g/mol. The third-order valence-electron chi connectivity index (χ3n) is 3.75. The van der Waals surface area contributed by atoms with Crippen LogP contribution in [0, 0.1) is 0 Å². The van der Waals surface area contributed by atoms with Gasteiger partial charge in [0.25, 0.3) is 0 Å². The molecule has 1 aromatic rings. The Morgan fingerprint density at radius 1 is 1.18 bits per heavy atom. The zero-order valence-electron chi connectivity index (χ0n) is 9.70. The van der Waals surface area contributed by atoms with Crippen LogP contribution in [-0.4, -0.2) is 44.2 Å². The summed E-state index contributed by atoms with van der Waals surface area (Å²) in [5.74, 6) is 0.467. The topological polar surface area (TPSA) is 49.4 Å². The Hall–Kier alpha value is -0.910. The van der Waals surface area contributed by atoms with Crippen molar-refractivity contribution in [2.24, 2.45) is 0 Å². The first kappa shape index (κ1) is 11.2. The summed E-state index contributed by atoms with van der Waals surface area (Å²) in [7, 11) is -3.04. The number of hydrogen-bond acceptors (Lipinski definition) is 3. The first-order chi connectivity index (χ1) is 8.05. The van der Waals surface area contributed by atoms with Crippen LogP contribution in [0.15, 0.2) is 30.3 Å². The van der Waals surface area contributed by atoms with E-state index in [9.17, 15) is 8.42 Å². The van der Waals surface area contributed by atoms with Crippen molar-refractivity contribution in [1.29, 1.82) is 0 Å². The van der Waals surface area contributed by atoms with Gasteiger partial charge in [0.2, 0.25) is 10.0 Å². The summed E-state index contributed by atoms with van der Waals surface area (Å²) in [6.45, 7) is 1.18. The molecule has 4 nitrogen and oxygen atoms in total. The molecule has 3 fully saturated rings. The van der Waals surface area contributed by atoms with Crippen molar-refractivity contribution in [3.05, 3.63) is 35.9 Å². The highest BCUT2D eigenvalue weighted by molar-refractivity contribution is 7.88. The van der Waals surface area contributed by atoms with Crippen molar-refractivity contribution in [3.63, 3.8) is 0 Å². The van der Waals surface area contributed by atoms with Crippen LogP contribution in [0.4, 0.5) is 0 Å². The van der Waals surface area contributed by atoms with Gasteiger partial charge in [-0.15, -0.1) is 0 Å². The molecular formula is C12H16N2O2S. The van der Waals surface area contributed by atoms with Crippen molar-refractivity contribution in [1.82, 2.24) is 9.62 Å². The molecule has 0 radical (unpaired) electrons. The van der Waals surface area contributed by atoms with Gasteiger partial charge in [0.1, 0.15) is 0 Å². The van der Waals surface area contributed by atoms with E-state index >= 15 is 0 Å². The van der Waals surface area contributed by atoms with Crippen molar-refractivity contribution >= 4 is 10.0 Å². The summed E-state index contributed by atoms with van der Waals surface area (Å²) >= 11 is 0. The number of nitrogens with one attached hydrogen (secondary N) is 1. The van der Waals surface area contributed by atoms with E-state index in [1.165, 1.54) is 11.8 Å². The van der Waals surface area contributed by atoms with Crippen LogP contribution >= 0.6 is 0 Å². The second kappa shape index (κ2) is 3.80. The van der Waals surface area contributed by atoms with Gasteiger partial charge in [0, 0.05) is 31.1 Å². The van der Waals surface area contributed by atoms with Crippen LogP contribution in [0.25, 0.3) is 0 Å². The molecule has 0 aromatic heterocycles. The Kier molecular flexibility index (Phi) is 2.50. The zero-order chi connectivity index (χ0) is 12.0. The highest BCUT2D eigenvalue weighted by atomic mass is 32.2. The Morgan fingerprint density at radius 3 is 2.29 bits per heavy atom. The molecule has 3 aliphatic rings. The van der Waals surface area contributed by atoms with E-state index in [2.05, 4.69) is 17.4 Å². The maximum atomic E-state index is 11.5. The van der Waals surface area contributed by atoms with Gasteiger partial charge in [0.05, 0.1) is 6.26 Å². The summed E-state index contributed by atoms with van der Waals surface area (Å²) in [4.78, 5) is 0. The molecule has 3 aliphatic heterocycles. The van der Waals surface area contributed by atoms with Crippen molar-refractivity contribution in [2.45, 2.75) is 18.0 Å². The molecule has 2 bridgehead atoms. The van der Waals surface area contributed by atoms with Crippen LogP contribution in [0.1, 0.15) is 11.5 Å². The van der Waals surface area contributed by atoms with E-state index in [1.807, 2.05) is 18.2 Å². The SMILES string of the molecule is CS(=O)(=O)N1C[C@@H]2N[C@H](C1)C2c1ccccc1. The van der Waals surface area contributed by atoms with E-state index in [0.717, 1.165) is 0 Å². The Labute approximate surface area is 102 Å². The Balaban J connectivity index is 1.79. The van der Waals surface area contributed by atoms with Crippen molar-refractivity contribution in [2.75, 3.05) is 19.3 Å². The lowest BCUT2D eigenvalue weighted by Gasteiger charge is -2.54. The van der Waals surface area contributed by atoms with E-state index in [-0.39, 0.29) is 12.1 Å². The minimum Gasteiger partial charge on any atom is -0.307 e. The smallest absolute Gasteiger partial charge is 0.211 e. The summed E-state index contributed by atoms with van der Waals surface area (Å²) in [6.07, 6.45) is 1.29. The molecule has 0 amide bonds. The number of sulfonamides is 1. The lowest BCUT2D eigenvalue weighted by atomic mass is 9.75. The molecule has 17 heavy (non-hydrogen) atoms. The number of fused-ring (bicyclic) bond motifs is 2. The molecule has 3 heterocycles. The first-order valence-corrected chi connectivity index (χ1v) is 7.66. The second-order valence-electron chi connectivity index (χ2n) is 4.90. The minimum atomic E-state index is -3.04. The van der Waals surface area contributed by atoms with Crippen LogP contribution < -0.4 is 5.32 Å². The van der Waals surface area contributed by atoms with Crippen molar-refractivity contribution in [3.8, 4) is 0 Å². The monoisotopic (exact) mass is 252 g/mol. The van der Waals surface area contributed by atoms with Gasteiger partial charge in [-0.25, -0.2) is 8.42 Å². The number of piperidine rings is 1. The van der Waals surface area contributed by atoms with Gasteiger partial charge in [0.15, 0.2) is 0 Å². The quantitative estimate of drug-likeness (QED) is 0.828. The van der Waals surface area contributed by atoms with E-state index in [0.29, 0.717) is 19.0 Å². The third kappa shape index (κ3) is 1.88. The lowest BCUT2D eigenvalue weighted by Crippen LogP contribution is -2.72. The number of hydrogen-bond donors (Lipinski definition) is 1. The molecule has 0 saturated carbocycles. The second-order valence-corrected chi connectivity index (χ2v) is 6.88. The summed E-state index contributed by atoms with van der Waals surface area (Å²) in [5.41, 5.74) is 1.31. The molecule has 5 heteroatoms. The van der Waals surface area contributed by atoms with Crippen LogP contribution in [-0.2, 0) is 10.0 Å². The van der Waals surface area contributed by atoms with E-state index in [1.54, 1.807) is 4.31 Å². The van der Waals surface area contributed by atoms with Gasteiger partial charge >= 0.3 is 0 Å². The predicted octanol–water partition coefficient (Wildman–Crippen LogP) is 0.386. The van der Waals surface area contributed by atoms with Gasteiger partial charge in [-0.2, -0.15) is 4.31 Å². The lowest BCUT2D eigenvalue weighted by molar-refractivity contribution is 0.102. The molecule has 4 rings (SSSR count). The highest BCUT2D eigenvalue weighted by Crippen LogP contribution is 2.37. The molecule has 1 unspecified atom stereocenters. The molecule has 3 saturated heterocycles. The van der Waals surface area contributed by atoms with Gasteiger partial charge in [-0.05, 0) is 5.56 Å². The third-order valence-corrected chi connectivity index (χ3v) is 4.99. The first-order valence-electron chi connectivity index (χ1n) is 5.82. The van der Waals surface area contributed by atoms with Crippen LogP contribution in [0.3, 0.4) is 0 Å². The maximum Gasteiger partial charge on any atom is 0.211 e. The van der Waals surface area contributed by atoms with E-state index in [4.69, 9.17) is 0 Å². The summed E-state index contributed by atoms with van der Waals surface area (Å²) in [5, 5.41) is 3.42. The molecule has 0 spiro atoms. The Morgan fingerprint density at radius 2 is 1.76 bits per heavy atom. The van der Waals surface area contributed by atoms with E-state index < -0.39 is 10.0 Å². The van der Waals surface area contributed by atoms with Gasteiger partial charge < -0.3 is 5.32 Å². The fourth-order valence-electron chi connectivity index (χ4n) is 2.90. The summed E-state index contributed by atoms with van der Waals surface area (Å²) < 4.78 is 24.6. The fraction of sp³-hybridized carbons (Fsp3) is 0.500. The fourth-order valence-corrected chi connectivity index (χ4v) is 3.76. The average Bonchev–Trinajstić information content (AvgIpc) is 2.29. The molecule has 1 N–H and O–H groups in total.